The average Bonchev–Trinajstić information content (AvgIpc) is 2.34. The number of aromatic nitrogens is 1. The summed E-state index contributed by atoms with van der Waals surface area (Å²) in [5.74, 6) is -0.359. The van der Waals surface area contributed by atoms with Gasteiger partial charge in [0.05, 0.1) is 5.69 Å². The largest absolute Gasteiger partial charge is 0.477 e. The summed E-state index contributed by atoms with van der Waals surface area (Å²) >= 11 is 0. The molecule has 0 spiro atoms. The fraction of sp³-hybridized carbons (Fsp3) is 0.500. The molecule has 0 radical (unpaired) electrons. The zero-order valence-corrected chi connectivity index (χ0v) is 11.4. The third-order valence-corrected chi connectivity index (χ3v) is 3.31. The number of pyridine rings is 1. The van der Waals surface area contributed by atoms with Gasteiger partial charge in [-0.2, -0.15) is 0 Å². The van der Waals surface area contributed by atoms with Gasteiger partial charge >= 0.3 is 5.97 Å². The lowest BCUT2D eigenvalue weighted by Crippen LogP contribution is -2.27. The van der Waals surface area contributed by atoms with Gasteiger partial charge in [-0.3, -0.25) is 4.21 Å². The van der Waals surface area contributed by atoms with Gasteiger partial charge in [-0.1, -0.05) is 6.07 Å². The van der Waals surface area contributed by atoms with Crippen LogP contribution in [0, 0.1) is 0 Å². The van der Waals surface area contributed by atoms with Crippen LogP contribution in [0.4, 0.5) is 0 Å². The smallest absolute Gasteiger partial charge is 0.354 e. The predicted octanol–water partition coefficient (Wildman–Crippen LogP) is 1.03. The molecule has 1 rings (SSSR count). The van der Waals surface area contributed by atoms with E-state index in [1.807, 2.05) is 6.92 Å². The van der Waals surface area contributed by atoms with E-state index in [1.165, 1.54) is 6.07 Å². The summed E-state index contributed by atoms with van der Waals surface area (Å²) in [6, 6.07) is 5.16. The zero-order valence-electron chi connectivity index (χ0n) is 10.5. The van der Waals surface area contributed by atoms with Gasteiger partial charge in [0.15, 0.2) is 0 Å². The maximum atomic E-state index is 10.9. The maximum absolute atomic E-state index is 10.9. The van der Waals surface area contributed by atoms with Crippen molar-refractivity contribution in [3.05, 3.63) is 29.6 Å². The number of aromatic carboxylic acids is 1. The molecule has 2 N–H and O–H groups in total. The first kappa shape index (κ1) is 14.8. The minimum atomic E-state index is -1.02. The molecule has 6 heteroatoms. The highest BCUT2D eigenvalue weighted by Crippen LogP contribution is 2.01. The predicted molar refractivity (Wildman–Crippen MR) is 71.0 cm³/mol. The second-order valence-electron chi connectivity index (χ2n) is 4.17. The molecule has 2 unspecified atom stereocenters. The van der Waals surface area contributed by atoms with Crippen LogP contribution in [0.2, 0.25) is 0 Å². The molecular formula is C12H18N2O3S. The third-order valence-electron chi connectivity index (χ3n) is 2.50. The van der Waals surface area contributed by atoms with Crippen molar-refractivity contribution in [1.29, 1.82) is 0 Å². The van der Waals surface area contributed by atoms with E-state index in [2.05, 4.69) is 10.3 Å². The van der Waals surface area contributed by atoms with Crippen molar-refractivity contribution in [2.75, 3.05) is 12.0 Å². The van der Waals surface area contributed by atoms with Gasteiger partial charge in [0.2, 0.25) is 0 Å². The van der Waals surface area contributed by atoms with Gasteiger partial charge in [0.25, 0.3) is 0 Å². The number of nitrogens with one attached hydrogen (secondary N) is 1. The molecule has 0 saturated heterocycles. The van der Waals surface area contributed by atoms with Crippen LogP contribution in [0.5, 0.6) is 0 Å². The van der Waals surface area contributed by atoms with Gasteiger partial charge < -0.3 is 10.4 Å². The van der Waals surface area contributed by atoms with E-state index < -0.39 is 16.8 Å². The van der Waals surface area contributed by atoms with Crippen molar-refractivity contribution in [3.8, 4) is 0 Å². The van der Waals surface area contributed by atoms with Crippen LogP contribution < -0.4 is 5.32 Å². The monoisotopic (exact) mass is 270 g/mol. The highest BCUT2D eigenvalue weighted by atomic mass is 32.2. The summed E-state index contributed by atoms with van der Waals surface area (Å²) in [6.45, 7) is 2.52. The van der Waals surface area contributed by atoms with Gasteiger partial charge in [-0.15, -0.1) is 0 Å². The molecule has 0 aliphatic rings. The SMILES string of the molecule is CC(CCS(C)=O)NCc1cccc(C(=O)O)n1. The van der Waals surface area contributed by atoms with E-state index in [9.17, 15) is 9.00 Å². The number of hydrogen-bond donors (Lipinski definition) is 2. The summed E-state index contributed by atoms with van der Waals surface area (Å²) in [5, 5.41) is 12.0. The van der Waals surface area contributed by atoms with Crippen molar-refractivity contribution < 1.29 is 14.1 Å². The molecule has 0 saturated carbocycles. The Morgan fingerprint density at radius 1 is 1.56 bits per heavy atom. The zero-order chi connectivity index (χ0) is 13.5. The summed E-state index contributed by atoms with van der Waals surface area (Å²) in [7, 11) is -0.777. The van der Waals surface area contributed by atoms with E-state index in [-0.39, 0.29) is 11.7 Å². The van der Waals surface area contributed by atoms with E-state index in [1.54, 1.807) is 18.4 Å². The van der Waals surface area contributed by atoms with Crippen molar-refractivity contribution in [2.45, 2.75) is 25.9 Å². The van der Waals surface area contributed by atoms with Gasteiger partial charge in [-0.05, 0) is 25.5 Å². The molecule has 0 aliphatic heterocycles. The lowest BCUT2D eigenvalue weighted by Gasteiger charge is -2.12. The average molecular weight is 270 g/mol. The van der Waals surface area contributed by atoms with Crippen LogP contribution in [0.3, 0.4) is 0 Å². The van der Waals surface area contributed by atoms with E-state index in [0.29, 0.717) is 18.0 Å². The van der Waals surface area contributed by atoms with Gasteiger partial charge in [0, 0.05) is 35.4 Å². The molecule has 0 aliphatic carbocycles. The molecular weight excluding hydrogens is 252 g/mol. The van der Waals surface area contributed by atoms with E-state index >= 15 is 0 Å². The fourth-order valence-electron chi connectivity index (χ4n) is 1.42. The quantitative estimate of drug-likeness (QED) is 0.773. The fourth-order valence-corrected chi connectivity index (χ4v) is 2.11. The number of carbonyl (C=O) groups is 1. The lowest BCUT2D eigenvalue weighted by molar-refractivity contribution is 0.0690. The van der Waals surface area contributed by atoms with Crippen LogP contribution in [0.1, 0.15) is 29.5 Å². The number of carboxylic acid groups (broad SMARTS) is 1. The number of hydrogen-bond acceptors (Lipinski definition) is 4. The number of nitrogens with zero attached hydrogens (tertiary/aromatic N) is 1. The summed E-state index contributed by atoms with van der Waals surface area (Å²) in [4.78, 5) is 14.8. The number of carboxylic acids is 1. The molecule has 5 nitrogen and oxygen atoms in total. The first-order valence-electron chi connectivity index (χ1n) is 5.71. The Balaban J connectivity index is 2.45. The Morgan fingerprint density at radius 2 is 2.28 bits per heavy atom. The van der Waals surface area contributed by atoms with Crippen LogP contribution in [0.15, 0.2) is 18.2 Å². The second kappa shape index (κ2) is 7.23. The molecule has 1 aromatic rings. The minimum Gasteiger partial charge on any atom is -0.477 e. The van der Waals surface area contributed by atoms with Crippen molar-refractivity contribution in [2.24, 2.45) is 0 Å². The first-order chi connectivity index (χ1) is 8.49. The topological polar surface area (TPSA) is 79.3 Å². The van der Waals surface area contributed by atoms with Crippen LogP contribution in [-0.2, 0) is 17.3 Å². The molecule has 2 atom stereocenters. The lowest BCUT2D eigenvalue weighted by atomic mass is 10.2. The summed E-state index contributed by atoms with van der Waals surface area (Å²) in [5.41, 5.74) is 0.746. The highest BCUT2D eigenvalue weighted by molar-refractivity contribution is 7.84. The molecule has 0 amide bonds. The summed E-state index contributed by atoms with van der Waals surface area (Å²) in [6.07, 6.45) is 2.51. The van der Waals surface area contributed by atoms with Crippen molar-refractivity contribution in [3.63, 3.8) is 0 Å². The molecule has 0 bridgehead atoms. The van der Waals surface area contributed by atoms with Crippen LogP contribution in [-0.4, -0.2) is 38.3 Å². The summed E-state index contributed by atoms with van der Waals surface area (Å²) < 4.78 is 10.9. The minimum absolute atomic E-state index is 0.0524. The first-order valence-corrected chi connectivity index (χ1v) is 7.44. The van der Waals surface area contributed by atoms with Gasteiger partial charge in [-0.25, -0.2) is 9.78 Å². The standard InChI is InChI=1S/C12H18N2O3S/c1-9(6-7-18(2)17)13-8-10-4-3-5-11(14-10)12(15)16/h3-5,9,13H,6-8H2,1-2H3,(H,15,16). The Bertz CT molecular complexity index is 437. The molecule has 1 heterocycles. The Labute approximate surface area is 109 Å². The Kier molecular flexibility index (Phi) is 5.94. The van der Waals surface area contributed by atoms with E-state index in [0.717, 1.165) is 6.42 Å². The normalized spacial score (nSPS) is 14.1. The van der Waals surface area contributed by atoms with E-state index in [4.69, 9.17) is 5.11 Å². The molecule has 0 aromatic carbocycles. The highest BCUT2D eigenvalue weighted by Gasteiger charge is 2.07. The molecule has 18 heavy (non-hydrogen) atoms. The second-order valence-corrected chi connectivity index (χ2v) is 5.72. The Hall–Kier alpha value is -1.27. The maximum Gasteiger partial charge on any atom is 0.354 e. The van der Waals surface area contributed by atoms with Crippen molar-refractivity contribution in [1.82, 2.24) is 10.3 Å². The van der Waals surface area contributed by atoms with Crippen LogP contribution in [0.25, 0.3) is 0 Å². The third kappa shape index (κ3) is 5.37. The van der Waals surface area contributed by atoms with Crippen molar-refractivity contribution >= 4 is 16.8 Å². The molecule has 0 fully saturated rings. The molecule has 100 valence electrons. The molecule has 1 aromatic heterocycles. The van der Waals surface area contributed by atoms with Crippen LogP contribution >= 0.6 is 0 Å². The van der Waals surface area contributed by atoms with Gasteiger partial charge in [0.1, 0.15) is 5.69 Å². The Morgan fingerprint density at radius 3 is 2.89 bits per heavy atom. The number of rotatable bonds is 7.